The molecule has 1 aromatic carbocycles. The SMILES string of the molecule is C[C@@H]1CN(S(=O)(=O)c2cccc(C(=O)N(c3ccccn3)C3CCCCC3)c2)C[C@H](C)O1. The molecular formula is C24H31N3O4S. The van der Waals surface area contributed by atoms with E-state index in [1.807, 2.05) is 32.0 Å². The summed E-state index contributed by atoms with van der Waals surface area (Å²) >= 11 is 0. The second-order valence-electron chi connectivity index (χ2n) is 8.76. The maximum absolute atomic E-state index is 13.7. The van der Waals surface area contributed by atoms with Gasteiger partial charge in [0.25, 0.3) is 5.91 Å². The van der Waals surface area contributed by atoms with Crippen molar-refractivity contribution in [1.29, 1.82) is 0 Å². The van der Waals surface area contributed by atoms with Crippen LogP contribution in [0.15, 0.2) is 53.6 Å². The van der Waals surface area contributed by atoms with E-state index in [0.717, 1.165) is 25.7 Å². The van der Waals surface area contributed by atoms with Crippen molar-refractivity contribution in [2.75, 3.05) is 18.0 Å². The normalized spacial score (nSPS) is 23.1. The van der Waals surface area contributed by atoms with E-state index >= 15 is 0 Å². The van der Waals surface area contributed by atoms with E-state index in [-0.39, 0.29) is 29.1 Å². The van der Waals surface area contributed by atoms with Crippen LogP contribution in [0.25, 0.3) is 0 Å². The lowest BCUT2D eigenvalue weighted by atomic mass is 9.93. The standard InChI is InChI=1S/C24H31N3O4S/c1-18-16-26(17-19(2)31-18)32(29,30)22-12-8-9-20(15-22)24(28)27(21-10-4-3-5-11-21)23-13-6-7-14-25-23/h6-9,12-15,18-19,21H,3-5,10-11,16-17H2,1-2H3/t18-,19+. The Morgan fingerprint density at radius 1 is 1.03 bits per heavy atom. The second kappa shape index (κ2) is 9.68. The van der Waals surface area contributed by atoms with Gasteiger partial charge in [0.05, 0.1) is 17.1 Å². The summed E-state index contributed by atoms with van der Waals surface area (Å²) in [5.41, 5.74) is 0.358. The third-order valence-electron chi connectivity index (χ3n) is 6.16. The van der Waals surface area contributed by atoms with Crippen LogP contribution in [0.4, 0.5) is 5.82 Å². The molecular weight excluding hydrogens is 426 g/mol. The van der Waals surface area contributed by atoms with Gasteiger partial charge in [-0.15, -0.1) is 0 Å². The molecule has 172 valence electrons. The summed E-state index contributed by atoms with van der Waals surface area (Å²) in [7, 11) is -3.73. The van der Waals surface area contributed by atoms with Gasteiger partial charge in [0.2, 0.25) is 10.0 Å². The molecule has 0 bridgehead atoms. The Hall–Kier alpha value is -2.29. The van der Waals surface area contributed by atoms with E-state index in [0.29, 0.717) is 24.5 Å². The van der Waals surface area contributed by atoms with Crippen LogP contribution in [0.1, 0.15) is 56.3 Å². The maximum Gasteiger partial charge on any atom is 0.259 e. The summed E-state index contributed by atoms with van der Waals surface area (Å²) in [5, 5.41) is 0. The summed E-state index contributed by atoms with van der Waals surface area (Å²) in [6.07, 6.45) is 6.48. The highest BCUT2D eigenvalue weighted by atomic mass is 32.2. The molecule has 0 N–H and O–H groups in total. The first-order chi connectivity index (χ1) is 15.4. The van der Waals surface area contributed by atoms with Gasteiger partial charge in [0.15, 0.2) is 0 Å². The Morgan fingerprint density at radius 2 is 1.75 bits per heavy atom. The van der Waals surface area contributed by atoms with Crippen LogP contribution >= 0.6 is 0 Å². The van der Waals surface area contributed by atoms with Gasteiger partial charge in [-0.2, -0.15) is 4.31 Å². The molecule has 7 nitrogen and oxygen atoms in total. The fraction of sp³-hybridized carbons (Fsp3) is 0.500. The molecule has 1 aromatic heterocycles. The average molecular weight is 458 g/mol. The fourth-order valence-corrected chi connectivity index (χ4v) is 6.33. The van der Waals surface area contributed by atoms with Crippen molar-refractivity contribution >= 4 is 21.7 Å². The molecule has 2 aliphatic rings. The Bertz CT molecular complexity index is 1030. The number of ether oxygens (including phenoxy) is 1. The topological polar surface area (TPSA) is 79.8 Å². The Labute approximate surface area is 190 Å². The second-order valence-corrected chi connectivity index (χ2v) is 10.7. The smallest absolute Gasteiger partial charge is 0.259 e. The van der Waals surface area contributed by atoms with Crippen molar-refractivity contribution in [3.8, 4) is 0 Å². The van der Waals surface area contributed by atoms with Crippen molar-refractivity contribution < 1.29 is 17.9 Å². The highest BCUT2D eigenvalue weighted by Crippen LogP contribution is 2.29. The molecule has 2 atom stereocenters. The number of amides is 1. The van der Waals surface area contributed by atoms with E-state index in [1.165, 1.54) is 16.8 Å². The molecule has 1 aliphatic carbocycles. The van der Waals surface area contributed by atoms with Gasteiger partial charge in [-0.25, -0.2) is 13.4 Å². The minimum Gasteiger partial charge on any atom is -0.373 e. The minimum absolute atomic E-state index is 0.0624. The number of pyridine rings is 1. The van der Waals surface area contributed by atoms with E-state index < -0.39 is 10.0 Å². The van der Waals surface area contributed by atoms with Gasteiger partial charge in [0.1, 0.15) is 5.82 Å². The Kier molecular flexibility index (Phi) is 6.93. The molecule has 1 aliphatic heterocycles. The van der Waals surface area contributed by atoms with Gasteiger partial charge < -0.3 is 4.74 Å². The van der Waals surface area contributed by atoms with Crippen LogP contribution in [0.2, 0.25) is 0 Å². The highest BCUT2D eigenvalue weighted by molar-refractivity contribution is 7.89. The molecule has 4 rings (SSSR count). The number of hydrogen-bond donors (Lipinski definition) is 0. The molecule has 1 amide bonds. The number of anilines is 1. The number of nitrogens with zero attached hydrogens (tertiary/aromatic N) is 3. The Morgan fingerprint density at radius 3 is 2.41 bits per heavy atom. The lowest BCUT2D eigenvalue weighted by Crippen LogP contribution is -2.48. The molecule has 2 aromatic rings. The number of carbonyl (C=O) groups excluding carboxylic acids is 1. The minimum atomic E-state index is -3.73. The maximum atomic E-state index is 13.7. The van der Waals surface area contributed by atoms with Crippen molar-refractivity contribution in [3.05, 3.63) is 54.2 Å². The summed E-state index contributed by atoms with van der Waals surface area (Å²) in [6, 6.07) is 12.0. The molecule has 0 unspecified atom stereocenters. The molecule has 8 heteroatoms. The van der Waals surface area contributed by atoms with E-state index in [4.69, 9.17) is 4.74 Å². The van der Waals surface area contributed by atoms with E-state index in [1.54, 1.807) is 29.3 Å². The van der Waals surface area contributed by atoms with Gasteiger partial charge in [-0.1, -0.05) is 31.4 Å². The van der Waals surface area contributed by atoms with Crippen LogP contribution in [0, 0.1) is 0 Å². The largest absolute Gasteiger partial charge is 0.373 e. The number of carbonyl (C=O) groups is 1. The summed E-state index contributed by atoms with van der Waals surface area (Å²) in [4.78, 5) is 20.0. The molecule has 1 saturated heterocycles. The Balaban J connectivity index is 1.65. The highest BCUT2D eigenvalue weighted by Gasteiger charge is 2.33. The zero-order valence-electron chi connectivity index (χ0n) is 18.7. The van der Waals surface area contributed by atoms with Crippen LogP contribution in [0.5, 0.6) is 0 Å². The van der Waals surface area contributed by atoms with E-state index in [2.05, 4.69) is 4.98 Å². The van der Waals surface area contributed by atoms with Crippen LogP contribution in [-0.2, 0) is 14.8 Å². The van der Waals surface area contributed by atoms with Crippen LogP contribution in [-0.4, -0.2) is 55.0 Å². The predicted molar refractivity (Wildman–Crippen MR) is 123 cm³/mol. The first-order valence-corrected chi connectivity index (χ1v) is 12.8. The lowest BCUT2D eigenvalue weighted by molar-refractivity contribution is -0.0440. The zero-order valence-corrected chi connectivity index (χ0v) is 19.5. The number of morpholine rings is 1. The number of benzene rings is 1. The molecule has 2 heterocycles. The van der Waals surface area contributed by atoms with Gasteiger partial charge >= 0.3 is 0 Å². The molecule has 2 fully saturated rings. The predicted octanol–water partition coefficient (Wildman–Crippen LogP) is 3.86. The van der Waals surface area contributed by atoms with E-state index in [9.17, 15) is 13.2 Å². The summed E-state index contributed by atoms with van der Waals surface area (Å²) < 4.78 is 33.8. The first kappa shape index (κ1) is 22.9. The lowest BCUT2D eigenvalue weighted by Gasteiger charge is -2.35. The van der Waals surface area contributed by atoms with Crippen molar-refractivity contribution in [2.45, 2.75) is 69.1 Å². The zero-order chi connectivity index (χ0) is 22.7. The fourth-order valence-electron chi connectivity index (χ4n) is 4.70. The quantitative estimate of drug-likeness (QED) is 0.681. The monoisotopic (exact) mass is 457 g/mol. The number of hydrogen-bond acceptors (Lipinski definition) is 5. The van der Waals surface area contributed by atoms with Crippen LogP contribution < -0.4 is 4.90 Å². The number of aromatic nitrogens is 1. The number of sulfonamides is 1. The van der Waals surface area contributed by atoms with Gasteiger partial charge in [-0.05, 0) is 57.0 Å². The third-order valence-corrected chi connectivity index (χ3v) is 7.99. The molecule has 32 heavy (non-hydrogen) atoms. The van der Waals surface area contributed by atoms with Gasteiger partial charge in [0, 0.05) is 30.9 Å². The summed E-state index contributed by atoms with van der Waals surface area (Å²) in [5.74, 6) is 0.393. The number of rotatable bonds is 5. The van der Waals surface area contributed by atoms with Gasteiger partial charge in [-0.3, -0.25) is 9.69 Å². The van der Waals surface area contributed by atoms with Crippen molar-refractivity contribution in [3.63, 3.8) is 0 Å². The first-order valence-electron chi connectivity index (χ1n) is 11.4. The van der Waals surface area contributed by atoms with Crippen molar-refractivity contribution in [1.82, 2.24) is 9.29 Å². The average Bonchev–Trinajstić information content (AvgIpc) is 2.80. The molecule has 1 saturated carbocycles. The van der Waals surface area contributed by atoms with Crippen LogP contribution in [0.3, 0.4) is 0 Å². The molecule has 0 radical (unpaired) electrons. The third kappa shape index (κ3) is 4.87. The van der Waals surface area contributed by atoms with Crippen molar-refractivity contribution in [2.24, 2.45) is 0 Å². The summed E-state index contributed by atoms with van der Waals surface area (Å²) in [6.45, 7) is 4.33. The molecule has 0 spiro atoms.